The van der Waals surface area contributed by atoms with Crippen molar-refractivity contribution in [1.82, 2.24) is 10.2 Å². The third kappa shape index (κ3) is 7.25. The van der Waals surface area contributed by atoms with E-state index < -0.39 is 6.04 Å². The van der Waals surface area contributed by atoms with E-state index in [0.29, 0.717) is 12.5 Å². The molecule has 0 heterocycles. The van der Waals surface area contributed by atoms with Crippen molar-refractivity contribution < 1.29 is 9.53 Å². The first-order valence-corrected chi connectivity index (χ1v) is 7.60. The molecule has 0 aliphatic rings. The van der Waals surface area contributed by atoms with Gasteiger partial charge >= 0.3 is 5.97 Å². The first-order valence-electron chi connectivity index (χ1n) is 7.60. The molecule has 1 aromatic carbocycles. The van der Waals surface area contributed by atoms with E-state index in [1.165, 1.54) is 0 Å². The number of esters is 1. The zero-order valence-corrected chi connectivity index (χ0v) is 13.6. The summed E-state index contributed by atoms with van der Waals surface area (Å²) in [7, 11) is 4.03. The second kappa shape index (κ2) is 9.53. The van der Waals surface area contributed by atoms with Gasteiger partial charge in [-0.05, 0) is 32.0 Å². The molecule has 0 aliphatic carbocycles. The van der Waals surface area contributed by atoms with E-state index in [2.05, 4.69) is 24.1 Å². The number of carbonyl (C=O) groups excluding carboxylic acids is 1. The number of rotatable bonds is 9. The minimum absolute atomic E-state index is 0.194. The van der Waals surface area contributed by atoms with Crippen molar-refractivity contribution in [2.24, 2.45) is 5.92 Å². The third-order valence-electron chi connectivity index (χ3n) is 3.22. The molecule has 1 aromatic rings. The summed E-state index contributed by atoms with van der Waals surface area (Å²) in [5, 5.41) is 3.29. The molecule has 0 amide bonds. The summed E-state index contributed by atoms with van der Waals surface area (Å²) in [6, 6.07) is 9.35. The van der Waals surface area contributed by atoms with Crippen LogP contribution in [0.15, 0.2) is 30.3 Å². The van der Waals surface area contributed by atoms with E-state index >= 15 is 0 Å². The van der Waals surface area contributed by atoms with Gasteiger partial charge in [0, 0.05) is 13.1 Å². The average Bonchev–Trinajstić information content (AvgIpc) is 2.43. The first-order chi connectivity index (χ1) is 10.0. The molecule has 1 rings (SSSR count). The average molecular weight is 292 g/mol. The molecule has 21 heavy (non-hydrogen) atoms. The first kappa shape index (κ1) is 17.7. The van der Waals surface area contributed by atoms with Gasteiger partial charge in [0.2, 0.25) is 0 Å². The maximum absolute atomic E-state index is 12.3. The maximum Gasteiger partial charge on any atom is 0.327 e. The predicted octanol–water partition coefficient (Wildman–Crippen LogP) is 2.47. The van der Waals surface area contributed by atoms with Crippen molar-refractivity contribution in [3.63, 3.8) is 0 Å². The lowest BCUT2D eigenvalue weighted by Crippen LogP contribution is -2.35. The number of hydrogen-bond donors (Lipinski definition) is 1. The molecule has 1 N–H and O–H groups in total. The molecule has 118 valence electrons. The quantitative estimate of drug-likeness (QED) is 0.710. The van der Waals surface area contributed by atoms with Gasteiger partial charge < -0.3 is 9.64 Å². The van der Waals surface area contributed by atoms with Gasteiger partial charge in [-0.1, -0.05) is 44.2 Å². The summed E-state index contributed by atoms with van der Waals surface area (Å²) < 4.78 is 5.41. The van der Waals surface area contributed by atoms with Gasteiger partial charge in [-0.15, -0.1) is 0 Å². The van der Waals surface area contributed by atoms with Crippen molar-refractivity contribution in [2.75, 3.05) is 33.8 Å². The van der Waals surface area contributed by atoms with Crippen LogP contribution in [0.5, 0.6) is 0 Å². The number of benzene rings is 1. The molecule has 0 aliphatic heterocycles. The fourth-order valence-electron chi connectivity index (χ4n) is 1.89. The van der Waals surface area contributed by atoms with Crippen LogP contribution < -0.4 is 5.32 Å². The molecular formula is C17H28N2O2. The summed E-state index contributed by atoms with van der Waals surface area (Å²) in [5.74, 6) is 0.343. The van der Waals surface area contributed by atoms with Gasteiger partial charge in [-0.3, -0.25) is 5.32 Å². The van der Waals surface area contributed by atoms with Crippen LogP contribution in [-0.4, -0.2) is 44.7 Å². The van der Waals surface area contributed by atoms with Crippen molar-refractivity contribution in [3.8, 4) is 0 Å². The third-order valence-corrected chi connectivity index (χ3v) is 3.22. The molecular weight excluding hydrogens is 264 g/mol. The van der Waals surface area contributed by atoms with Crippen LogP contribution in [0.1, 0.15) is 31.9 Å². The molecule has 1 atom stereocenters. The molecule has 0 saturated carbocycles. The van der Waals surface area contributed by atoms with Crippen LogP contribution in [0.3, 0.4) is 0 Å². The molecule has 4 nitrogen and oxygen atoms in total. The fourth-order valence-corrected chi connectivity index (χ4v) is 1.89. The highest BCUT2D eigenvalue weighted by atomic mass is 16.5. The molecule has 0 bridgehead atoms. The molecule has 0 saturated heterocycles. The lowest BCUT2D eigenvalue weighted by molar-refractivity contribution is -0.146. The van der Waals surface area contributed by atoms with Crippen LogP contribution in [0.25, 0.3) is 0 Å². The summed E-state index contributed by atoms with van der Waals surface area (Å²) in [4.78, 5) is 14.4. The molecule has 0 spiro atoms. The highest BCUT2D eigenvalue weighted by molar-refractivity contribution is 5.77. The zero-order chi connectivity index (χ0) is 15.7. The van der Waals surface area contributed by atoms with Gasteiger partial charge in [0.15, 0.2) is 0 Å². The van der Waals surface area contributed by atoms with E-state index in [1.807, 2.05) is 44.4 Å². The summed E-state index contributed by atoms with van der Waals surface area (Å²) in [6.45, 7) is 6.35. The molecule has 0 radical (unpaired) electrons. The SMILES string of the molecule is CC(C)CCOC(=O)[C@@H](NCCN(C)C)c1ccccc1. The van der Waals surface area contributed by atoms with Gasteiger partial charge in [-0.2, -0.15) is 0 Å². The second-order valence-corrected chi connectivity index (χ2v) is 5.95. The van der Waals surface area contributed by atoms with Gasteiger partial charge in [-0.25, -0.2) is 4.79 Å². The Morgan fingerprint density at radius 2 is 1.90 bits per heavy atom. The van der Waals surface area contributed by atoms with Crippen LogP contribution in [0, 0.1) is 5.92 Å². The number of nitrogens with zero attached hydrogens (tertiary/aromatic N) is 1. The Bertz CT molecular complexity index is 405. The standard InChI is InChI=1S/C17H28N2O2/c1-14(2)10-13-21-17(20)16(18-11-12-19(3)4)15-8-6-5-7-9-15/h5-9,14,16,18H,10-13H2,1-4H3/t16-/m0/s1. The Labute approximate surface area is 128 Å². The number of carbonyl (C=O) groups is 1. The molecule has 0 aromatic heterocycles. The van der Waals surface area contributed by atoms with Crippen LogP contribution in [0.4, 0.5) is 0 Å². The van der Waals surface area contributed by atoms with E-state index in [0.717, 1.165) is 25.1 Å². The molecule has 0 fully saturated rings. The number of nitrogens with one attached hydrogen (secondary N) is 1. The monoisotopic (exact) mass is 292 g/mol. The van der Waals surface area contributed by atoms with Crippen LogP contribution in [0.2, 0.25) is 0 Å². The Morgan fingerprint density at radius 1 is 1.24 bits per heavy atom. The van der Waals surface area contributed by atoms with Gasteiger partial charge in [0.05, 0.1) is 6.61 Å². The Balaban J connectivity index is 2.61. The smallest absolute Gasteiger partial charge is 0.327 e. The minimum Gasteiger partial charge on any atom is -0.464 e. The number of likely N-dealkylation sites (N-methyl/N-ethyl adjacent to an activating group) is 1. The van der Waals surface area contributed by atoms with Crippen LogP contribution in [-0.2, 0) is 9.53 Å². The van der Waals surface area contributed by atoms with Gasteiger partial charge in [0.1, 0.15) is 6.04 Å². The number of hydrogen-bond acceptors (Lipinski definition) is 4. The van der Waals surface area contributed by atoms with E-state index in [1.54, 1.807) is 0 Å². The molecule has 4 heteroatoms. The highest BCUT2D eigenvalue weighted by Gasteiger charge is 2.21. The van der Waals surface area contributed by atoms with Crippen molar-refractivity contribution in [2.45, 2.75) is 26.3 Å². The Morgan fingerprint density at radius 3 is 2.48 bits per heavy atom. The van der Waals surface area contributed by atoms with Crippen molar-refractivity contribution in [1.29, 1.82) is 0 Å². The van der Waals surface area contributed by atoms with Crippen molar-refractivity contribution in [3.05, 3.63) is 35.9 Å². The lowest BCUT2D eigenvalue weighted by atomic mass is 10.1. The van der Waals surface area contributed by atoms with E-state index in [4.69, 9.17) is 4.74 Å². The number of ether oxygens (including phenoxy) is 1. The minimum atomic E-state index is -0.390. The van der Waals surface area contributed by atoms with Crippen molar-refractivity contribution >= 4 is 5.97 Å². The predicted molar refractivity (Wildman–Crippen MR) is 86.2 cm³/mol. The second-order valence-electron chi connectivity index (χ2n) is 5.95. The topological polar surface area (TPSA) is 41.6 Å². The van der Waals surface area contributed by atoms with Crippen LogP contribution >= 0.6 is 0 Å². The summed E-state index contributed by atoms with van der Waals surface area (Å²) in [6.07, 6.45) is 0.894. The molecule has 0 unspecified atom stereocenters. The van der Waals surface area contributed by atoms with Gasteiger partial charge in [0.25, 0.3) is 0 Å². The maximum atomic E-state index is 12.3. The lowest BCUT2D eigenvalue weighted by Gasteiger charge is -2.19. The largest absolute Gasteiger partial charge is 0.464 e. The Hall–Kier alpha value is -1.39. The fraction of sp³-hybridized carbons (Fsp3) is 0.588. The van der Waals surface area contributed by atoms with E-state index in [9.17, 15) is 4.79 Å². The summed E-state index contributed by atoms with van der Waals surface area (Å²) in [5.41, 5.74) is 0.950. The Kier molecular flexibility index (Phi) is 8.01. The van der Waals surface area contributed by atoms with E-state index in [-0.39, 0.29) is 5.97 Å². The normalized spacial score (nSPS) is 12.7. The zero-order valence-electron chi connectivity index (χ0n) is 13.6. The summed E-state index contributed by atoms with van der Waals surface area (Å²) >= 11 is 0. The highest BCUT2D eigenvalue weighted by Crippen LogP contribution is 2.14.